The van der Waals surface area contributed by atoms with Gasteiger partial charge in [-0.1, -0.05) is 0 Å². The Balaban J connectivity index is 1.48. The van der Waals surface area contributed by atoms with Crippen molar-refractivity contribution in [2.75, 3.05) is 38.7 Å². The Morgan fingerprint density at radius 3 is 2.22 bits per heavy atom. The summed E-state index contributed by atoms with van der Waals surface area (Å²) in [5.74, 6) is -0.287. The molecule has 3 rings (SSSR count). The number of methoxy groups -OCH3 is 1. The first kappa shape index (κ1) is 19.4. The minimum Gasteiger partial charge on any atom is -0.465 e. The van der Waals surface area contributed by atoms with Crippen molar-refractivity contribution in [2.24, 2.45) is 11.8 Å². The lowest BCUT2D eigenvalue weighted by atomic mass is 9.93. The van der Waals surface area contributed by atoms with Crippen LogP contribution in [0.5, 0.6) is 0 Å². The van der Waals surface area contributed by atoms with Crippen LogP contribution < -0.4 is 5.32 Å². The second kappa shape index (κ2) is 8.99. The number of ether oxygens (including phenoxy) is 2. The van der Waals surface area contributed by atoms with Gasteiger partial charge in [0.15, 0.2) is 0 Å². The second-order valence-electron chi connectivity index (χ2n) is 7.04. The lowest BCUT2D eigenvalue weighted by Crippen LogP contribution is -2.45. The molecular formula is C20H26N2O5. The molecule has 2 aliphatic rings. The molecule has 0 saturated carbocycles. The topological polar surface area (TPSA) is 84.9 Å². The molecule has 1 N–H and O–H groups in total. The van der Waals surface area contributed by atoms with Crippen molar-refractivity contribution in [3.8, 4) is 0 Å². The van der Waals surface area contributed by atoms with Crippen LogP contribution in [0, 0.1) is 11.8 Å². The van der Waals surface area contributed by atoms with Gasteiger partial charge in [-0.25, -0.2) is 4.79 Å². The molecule has 2 saturated heterocycles. The van der Waals surface area contributed by atoms with Gasteiger partial charge in [0.1, 0.15) is 0 Å². The van der Waals surface area contributed by atoms with Crippen LogP contribution in [0.15, 0.2) is 24.3 Å². The minimum absolute atomic E-state index is 0.0426. The quantitative estimate of drug-likeness (QED) is 0.816. The summed E-state index contributed by atoms with van der Waals surface area (Å²) in [6.07, 6.45) is 2.92. The fraction of sp³-hybridized carbons (Fsp3) is 0.550. The molecule has 0 atom stereocenters. The van der Waals surface area contributed by atoms with Gasteiger partial charge < -0.3 is 19.7 Å². The van der Waals surface area contributed by atoms with E-state index in [0.29, 0.717) is 50.4 Å². The average molecular weight is 374 g/mol. The maximum Gasteiger partial charge on any atom is 0.337 e. The van der Waals surface area contributed by atoms with E-state index in [1.54, 1.807) is 24.3 Å². The number of anilines is 1. The number of esters is 1. The fourth-order valence-corrected chi connectivity index (χ4v) is 3.62. The van der Waals surface area contributed by atoms with E-state index in [0.717, 1.165) is 12.8 Å². The van der Waals surface area contributed by atoms with Crippen molar-refractivity contribution in [2.45, 2.75) is 25.7 Å². The van der Waals surface area contributed by atoms with Gasteiger partial charge in [0.05, 0.1) is 12.7 Å². The maximum absolute atomic E-state index is 12.6. The number of rotatable bonds is 4. The molecule has 0 aromatic heterocycles. The van der Waals surface area contributed by atoms with Crippen LogP contribution in [-0.4, -0.2) is 56.1 Å². The van der Waals surface area contributed by atoms with E-state index in [2.05, 4.69) is 10.1 Å². The molecule has 0 spiro atoms. The summed E-state index contributed by atoms with van der Waals surface area (Å²) in [6.45, 7) is 2.55. The van der Waals surface area contributed by atoms with Gasteiger partial charge in [-0.3, -0.25) is 9.59 Å². The van der Waals surface area contributed by atoms with Gasteiger partial charge in [-0.05, 0) is 49.9 Å². The zero-order valence-corrected chi connectivity index (χ0v) is 15.6. The Bertz CT molecular complexity index is 674. The first-order valence-electron chi connectivity index (χ1n) is 9.44. The van der Waals surface area contributed by atoms with Gasteiger partial charge in [-0.15, -0.1) is 0 Å². The number of hydrogen-bond donors (Lipinski definition) is 1. The molecule has 146 valence electrons. The smallest absolute Gasteiger partial charge is 0.337 e. The van der Waals surface area contributed by atoms with E-state index in [-0.39, 0.29) is 23.7 Å². The van der Waals surface area contributed by atoms with E-state index in [1.807, 2.05) is 4.90 Å². The summed E-state index contributed by atoms with van der Waals surface area (Å²) >= 11 is 0. The Labute approximate surface area is 159 Å². The van der Waals surface area contributed by atoms with Crippen LogP contribution >= 0.6 is 0 Å². The molecule has 2 heterocycles. The Kier molecular flexibility index (Phi) is 6.45. The second-order valence-corrected chi connectivity index (χ2v) is 7.04. The molecular weight excluding hydrogens is 348 g/mol. The van der Waals surface area contributed by atoms with Crippen molar-refractivity contribution in [1.29, 1.82) is 0 Å². The minimum atomic E-state index is -0.408. The predicted octanol–water partition coefficient (Wildman–Crippen LogP) is 2.08. The Morgan fingerprint density at radius 2 is 1.63 bits per heavy atom. The van der Waals surface area contributed by atoms with Gasteiger partial charge in [0.2, 0.25) is 11.8 Å². The summed E-state index contributed by atoms with van der Waals surface area (Å²) in [5, 5.41) is 2.89. The van der Waals surface area contributed by atoms with Crippen LogP contribution in [0.1, 0.15) is 36.0 Å². The Hall–Kier alpha value is -2.41. The number of nitrogens with zero attached hydrogens (tertiary/aromatic N) is 1. The van der Waals surface area contributed by atoms with Crippen LogP contribution in [0.4, 0.5) is 5.69 Å². The van der Waals surface area contributed by atoms with E-state index >= 15 is 0 Å². The van der Waals surface area contributed by atoms with Crippen molar-refractivity contribution in [3.05, 3.63) is 29.8 Å². The van der Waals surface area contributed by atoms with Crippen LogP contribution in [0.3, 0.4) is 0 Å². The zero-order chi connectivity index (χ0) is 19.2. The van der Waals surface area contributed by atoms with Crippen molar-refractivity contribution in [1.82, 2.24) is 4.90 Å². The zero-order valence-electron chi connectivity index (χ0n) is 15.6. The lowest BCUT2D eigenvalue weighted by molar-refractivity contribution is -0.141. The van der Waals surface area contributed by atoms with Crippen molar-refractivity contribution < 1.29 is 23.9 Å². The normalized spacial score (nSPS) is 18.8. The highest BCUT2D eigenvalue weighted by molar-refractivity contribution is 5.94. The number of carbonyl (C=O) groups excluding carboxylic acids is 3. The largest absolute Gasteiger partial charge is 0.465 e. The SMILES string of the molecule is COC(=O)c1ccc(NC(=O)C2CCN(C(=O)C3CCOCC3)CC2)cc1. The first-order chi connectivity index (χ1) is 13.1. The number of piperidine rings is 1. The molecule has 2 aliphatic heterocycles. The third-order valence-corrected chi connectivity index (χ3v) is 5.32. The lowest BCUT2D eigenvalue weighted by Gasteiger charge is -2.34. The highest BCUT2D eigenvalue weighted by Crippen LogP contribution is 2.24. The van der Waals surface area contributed by atoms with Crippen LogP contribution in [0.25, 0.3) is 0 Å². The van der Waals surface area contributed by atoms with E-state index in [1.165, 1.54) is 7.11 Å². The number of nitrogens with one attached hydrogen (secondary N) is 1. The maximum atomic E-state index is 12.6. The summed E-state index contributed by atoms with van der Waals surface area (Å²) < 4.78 is 9.98. The molecule has 0 radical (unpaired) electrons. The average Bonchev–Trinajstić information content (AvgIpc) is 2.74. The molecule has 27 heavy (non-hydrogen) atoms. The summed E-state index contributed by atoms with van der Waals surface area (Å²) in [7, 11) is 1.33. The van der Waals surface area contributed by atoms with Gasteiger partial charge >= 0.3 is 5.97 Å². The number of likely N-dealkylation sites (tertiary alicyclic amines) is 1. The molecule has 2 amide bonds. The molecule has 1 aromatic rings. The highest BCUT2D eigenvalue weighted by Gasteiger charge is 2.31. The number of hydrogen-bond acceptors (Lipinski definition) is 5. The van der Waals surface area contributed by atoms with Crippen molar-refractivity contribution in [3.63, 3.8) is 0 Å². The van der Waals surface area contributed by atoms with Gasteiger partial charge in [0.25, 0.3) is 0 Å². The molecule has 1 aromatic carbocycles. The van der Waals surface area contributed by atoms with Crippen molar-refractivity contribution >= 4 is 23.5 Å². The Morgan fingerprint density at radius 1 is 1.00 bits per heavy atom. The third kappa shape index (κ3) is 4.86. The summed E-state index contributed by atoms with van der Waals surface area (Å²) in [5.41, 5.74) is 1.09. The number of benzene rings is 1. The molecule has 7 heteroatoms. The summed E-state index contributed by atoms with van der Waals surface area (Å²) in [4.78, 5) is 38.4. The predicted molar refractivity (Wildman–Crippen MR) is 99.3 cm³/mol. The van der Waals surface area contributed by atoms with Gasteiger partial charge in [-0.2, -0.15) is 0 Å². The van der Waals surface area contributed by atoms with Crippen LogP contribution in [0.2, 0.25) is 0 Å². The summed E-state index contributed by atoms with van der Waals surface area (Å²) in [6, 6.07) is 6.62. The van der Waals surface area contributed by atoms with Gasteiger partial charge in [0, 0.05) is 43.8 Å². The van der Waals surface area contributed by atoms with Crippen LogP contribution in [-0.2, 0) is 19.1 Å². The molecule has 0 bridgehead atoms. The molecule has 0 unspecified atom stereocenters. The molecule has 0 aliphatic carbocycles. The standard InChI is InChI=1S/C20H26N2O5/c1-26-20(25)16-2-4-17(5-3-16)21-18(23)14-6-10-22(11-7-14)19(24)15-8-12-27-13-9-15/h2-5,14-15H,6-13H2,1H3,(H,21,23). The fourth-order valence-electron chi connectivity index (χ4n) is 3.62. The number of carbonyl (C=O) groups is 3. The molecule has 7 nitrogen and oxygen atoms in total. The molecule has 2 fully saturated rings. The monoisotopic (exact) mass is 374 g/mol. The van der Waals surface area contributed by atoms with E-state index in [9.17, 15) is 14.4 Å². The van der Waals surface area contributed by atoms with E-state index < -0.39 is 5.97 Å². The third-order valence-electron chi connectivity index (χ3n) is 5.32. The first-order valence-corrected chi connectivity index (χ1v) is 9.44. The highest BCUT2D eigenvalue weighted by atomic mass is 16.5. The number of amides is 2. The van der Waals surface area contributed by atoms with E-state index in [4.69, 9.17) is 4.74 Å².